The number of aliphatic imine (C=N–C) groups is 1. The third-order valence-electron chi connectivity index (χ3n) is 5.70. The Balaban J connectivity index is 1.75. The molecule has 2 aliphatic heterocycles. The Labute approximate surface area is 178 Å². The van der Waals surface area contributed by atoms with E-state index >= 15 is 0 Å². The SMILES string of the molecule is CN=C(NCC(c1c(F)cccc1Cl)N1CCOC(C)C1)N1CCC(COC)C1. The highest BCUT2D eigenvalue weighted by molar-refractivity contribution is 6.31. The van der Waals surface area contributed by atoms with Gasteiger partial charge in [0.05, 0.1) is 25.4 Å². The molecule has 1 aromatic carbocycles. The largest absolute Gasteiger partial charge is 0.384 e. The van der Waals surface area contributed by atoms with Crippen molar-refractivity contribution in [3.63, 3.8) is 0 Å². The quantitative estimate of drug-likeness (QED) is 0.560. The van der Waals surface area contributed by atoms with E-state index in [2.05, 4.69) is 20.1 Å². The maximum absolute atomic E-state index is 14.8. The summed E-state index contributed by atoms with van der Waals surface area (Å²) in [5.41, 5.74) is 0.532. The van der Waals surface area contributed by atoms with Gasteiger partial charge in [-0.3, -0.25) is 9.89 Å². The number of rotatable bonds is 6. The summed E-state index contributed by atoms with van der Waals surface area (Å²) in [7, 11) is 3.52. The highest BCUT2D eigenvalue weighted by Crippen LogP contribution is 2.31. The molecule has 2 heterocycles. The molecule has 6 nitrogen and oxygen atoms in total. The van der Waals surface area contributed by atoms with E-state index in [0.29, 0.717) is 29.7 Å². The zero-order valence-corrected chi connectivity index (χ0v) is 18.3. The predicted octanol–water partition coefficient (Wildman–Crippen LogP) is 2.78. The third-order valence-corrected chi connectivity index (χ3v) is 6.03. The average molecular weight is 427 g/mol. The number of likely N-dealkylation sites (tertiary alicyclic amines) is 1. The van der Waals surface area contributed by atoms with Crippen LogP contribution >= 0.6 is 11.6 Å². The van der Waals surface area contributed by atoms with Crippen molar-refractivity contribution in [2.75, 3.05) is 60.1 Å². The Bertz CT molecular complexity index is 685. The molecule has 3 rings (SSSR count). The molecule has 0 amide bonds. The van der Waals surface area contributed by atoms with Gasteiger partial charge >= 0.3 is 0 Å². The van der Waals surface area contributed by atoms with Crippen molar-refractivity contribution in [3.8, 4) is 0 Å². The first-order valence-electron chi connectivity index (χ1n) is 10.3. The van der Waals surface area contributed by atoms with Gasteiger partial charge in [0.25, 0.3) is 0 Å². The molecule has 0 spiro atoms. The normalized spacial score (nSPS) is 24.7. The molecule has 3 atom stereocenters. The van der Waals surface area contributed by atoms with Gasteiger partial charge in [0, 0.05) is 63.4 Å². The Morgan fingerprint density at radius 2 is 2.24 bits per heavy atom. The molecular weight excluding hydrogens is 395 g/mol. The fourth-order valence-corrected chi connectivity index (χ4v) is 4.58. The summed E-state index contributed by atoms with van der Waals surface area (Å²) >= 11 is 6.43. The van der Waals surface area contributed by atoms with Crippen molar-refractivity contribution in [3.05, 3.63) is 34.6 Å². The van der Waals surface area contributed by atoms with Crippen LogP contribution in [0.5, 0.6) is 0 Å². The second kappa shape index (κ2) is 10.6. The summed E-state index contributed by atoms with van der Waals surface area (Å²) < 4.78 is 25.8. The number of methoxy groups -OCH3 is 1. The van der Waals surface area contributed by atoms with Crippen LogP contribution in [-0.4, -0.2) is 82.0 Å². The van der Waals surface area contributed by atoms with E-state index in [1.807, 2.05) is 6.92 Å². The minimum atomic E-state index is -0.278. The minimum Gasteiger partial charge on any atom is -0.384 e. The highest BCUT2D eigenvalue weighted by Gasteiger charge is 2.31. The number of hydrogen-bond acceptors (Lipinski definition) is 4. The van der Waals surface area contributed by atoms with Crippen LogP contribution in [0.3, 0.4) is 0 Å². The lowest BCUT2D eigenvalue weighted by Crippen LogP contribution is -2.49. The number of halogens is 2. The second-order valence-electron chi connectivity index (χ2n) is 7.81. The average Bonchev–Trinajstić information content (AvgIpc) is 3.15. The van der Waals surface area contributed by atoms with E-state index < -0.39 is 0 Å². The number of benzene rings is 1. The number of nitrogens with one attached hydrogen (secondary N) is 1. The smallest absolute Gasteiger partial charge is 0.193 e. The molecule has 0 saturated carbocycles. The van der Waals surface area contributed by atoms with Crippen LogP contribution in [-0.2, 0) is 9.47 Å². The molecule has 29 heavy (non-hydrogen) atoms. The molecule has 2 fully saturated rings. The summed E-state index contributed by atoms with van der Waals surface area (Å²) in [5, 5.41) is 3.92. The summed E-state index contributed by atoms with van der Waals surface area (Å²) in [4.78, 5) is 8.94. The van der Waals surface area contributed by atoms with Gasteiger partial charge in [0.2, 0.25) is 0 Å². The van der Waals surface area contributed by atoms with Crippen LogP contribution < -0.4 is 5.32 Å². The van der Waals surface area contributed by atoms with Crippen molar-refractivity contribution in [2.45, 2.75) is 25.5 Å². The van der Waals surface area contributed by atoms with Crippen LogP contribution in [0.2, 0.25) is 5.02 Å². The van der Waals surface area contributed by atoms with Crippen molar-refractivity contribution < 1.29 is 13.9 Å². The lowest BCUT2D eigenvalue weighted by molar-refractivity contribution is -0.0344. The standard InChI is InChI=1S/C21H32ClFN4O2/c1-15-12-26(9-10-29-15)19(20-17(22)5-4-6-18(20)23)11-25-21(24-2)27-8-7-16(13-27)14-28-3/h4-6,15-16,19H,7-14H2,1-3H3,(H,24,25). The summed E-state index contributed by atoms with van der Waals surface area (Å²) in [6, 6.07) is 4.67. The molecule has 8 heteroatoms. The fourth-order valence-electron chi connectivity index (χ4n) is 4.29. The van der Waals surface area contributed by atoms with Gasteiger partial charge in [-0.25, -0.2) is 4.39 Å². The first-order chi connectivity index (χ1) is 14.0. The molecule has 0 aliphatic carbocycles. The predicted molar refractivity (Wildman–Crippen MR) is 114 cm³/mol. The lowest BCUT2D eigenvalue weighted by Gasteiger charge is -2.38. The molecule has 2 saturated heterocycles. The Morgan fingerprint density at radius 3 is 2.93 bits per heavy atom. The van der Waals surface area contributed by atoms with Gasteiger partial charge in [0.1, 0.15) is 5.82 Å². The zero-order chi connectivity index (χ0) is 20.8. The first kappa shape index (κ1) is 22.3. The molecule has 0 aromatic heterocycles. The van der Waals surface area contributed by atoms with E-state index in [-0.39, 0.29) is 18.0 Å². The monoisotopic (exact) mass is 426 g/mol. The molecule has 0 bridgehead atoms. The van der Waals surface area contributed by atoms with Crippen molar-refractivity contribution in [1.82, 2.24) is 15.1 Å². The number of nitrogens with zero attached hydrogens (tertiary/aromatic N) is 3. The van der Waals surface area contributed by atoms with Crippen LogP contribution in [0.25, 0.3) is 0 Å². The van der Waals surface area contributed by atoms with Crippen LogP contribution in [0.15, 0.2) is 23.2 Å². The maximum Gasteiger partial charge on any atom is 0.193 e. The molecule has 2 aliphatic rings. The van der Waals surface area contributed by atoms with Crippen LogP contribution in [0.4, 0.5) is 4.39 Å². The molecule has 1 aromatic rings. The lowest BCUT2D eigenvalue weighted by atomic mass is 10.0. The van der Waals surface area contributed by atoms with Gasteiger partial charge in [-0.05, 0) is 25.5 Å². The van der Waals surface area contributed by atoms with Gasteiger partial charge < -0.3 is 19.7 Å². The van der Waals surface area contributed by atoms with E-state index in [4.69, 9.17) is 21.1 Å². The Hall–Kier alpha value is -1.41. The van der Waals surface area contributed by atoms with E-state index in [1.54, 1.807) is 26.3 Å². The van der Waals surface area contributed by atoms with E-state index in [0.717, 1.165) is 45.2 Å². The summed E-state index contributed by atoms with van der Waals surface area (Å²) in [5.74, 6) is 1.07. The number of ether oxygens (including phenoxy) is 2. The van der Waals surface area contributed by atoms with E-state index in [1.165, 1.54) is 6.07 Å². The number of hydrogen-bond donors (Lipinski definition) is 1. The Morgan fingerprint density at radius 1 is 1.41 bits per heavy atom. The van der Waals surface area contributed by atoms with Gasteiger partial charge in [-0.1, -0.05) is 17.7 Å². The topological polar surface area (TPSA) is 49.3 Å². The number of guanidine groups is 1. The molecule has 1 N–H and O–H groups in total. The summed E-state index contributed by atoms with van der Waals surface area (Å²) in [6.07, 6.45) is 1.18. The van der Waals surface area contributed by atoms with Gasteiger partial charge in [-0.15, -0.1) is 0 Å². The van der Waals surface area contributed by atoms with Crippen molar-refractivity contribution >= 4 is 17.6 Å². The van der Waals surface area contributed by atoms with Crippen LogP contribution in [0.1, 0.15) is 24.9 Å². The fraction of sp³-hybridized carbons (Fsp3) is 0.667. The minimum absolute atomic E-state index is 0.101. The Kier molecular flexibility index (Phi) is 8.12. The molecule has 0 radical (unpaired) electrons. The zero-order valence-electron chi connectivity index (χ0n) is 17.5. The summed E-state index contributed by atoms with van der Waals surface area (Å²) in [6.45, 7) is 7.26. The second-order valence-corrected chi connectivity index (χ2v) is 8.22. The van der Waals surface area contributed by atoms with Crippen molar-refractivity contribution in [1.29, 1.82) is 0 Å². The van der Waals surface area contributed by atoms with Crippen LogP contribution in [0, 0.1) is 11.7 Å². The molecular formula is C21H32ClFN4O2. The molecule has 162 valence electrons. The van der Waals surface area contributed by atoms with Gasteiger partial charge in [-0.2, -0.15) is 0 Å². The highest BCUT2D eigenvalue weighted by atomic mass is 35.5. The number of morpholine rings is 1. The molecule has 3 unspecified atom stereocenters. The first-order valence-corrected chi connectivity index (χ1v) is 10.6. The van der Waals surface area contributed by atoms with E-state index in [9.17, 15) is 4.39 Å². The van der Waals surface area contributed by atoms with Crippen molar-refractivity contribution in [2.24, 2.45) is 10.9 Å². The third kappa shape index (κ3) is 5.60. The van der Waals surface area contributed by atoms with Gasteiger partial charge in [0.15, 0.2) is 5.96 Å². The maximum atomic E-state index is 14.8.